The summed E-state index contributed by atoms with van der Waals surface area (Å²) in [4.78, 5) is 15.0. The molecular formula is C21H31NO4. The van der Waals surface area contributed by atoms with Crippen LogP contribution in [0.3, 0.4) is 0 Å². The maximum atomic E-state index is 12.7. The van der Waals surface area contributed by atoms with Crippen LogP contribution in [0.25, 0.3) is 0 Å². The van der Waals surface area contributed by atoms with E-state index in [0.29, 0.717) is 32.8 Å². The summed E-state index contributed by atoms with van der Waals surface area (Å²) in [7, 11) is 1.67. The summed E-state index contributed by atoms with van der Waals surface area (Å²) in [6.45, 7) is 9.42. The molecule has 144 valence electrons. The predicted octanol–water partition coefficient (Wildman–Crippen LogP) is 3.43. The van der Waals surface area contributed by atoms with Crippen LogP contribution in [-0.4, -0.2) is 50.9 Å². The molecule has 0 aliphatic carbocycles. The van der Waals surface area contributed by atoms with E-state index in [4.69, 9.17) is 14.2 Å². The first-order chi connectivity index (χ1) is 12.6. The molecule has 1 fully saturated rings. The number of carbonyl (C=O) groups excluding carboxylic acids is 1. The van der Waals surface area contributed by atoms with Crippen LogP contribution < -0.4 is 4.74 Å². The number of methoxy groups -OCH3 is 1. The maximum Gasteiger partial charge on any atom is 0.313 e. The largest absolute Gasteiger partial charge is 0.489 e. The molecule has 0 bridgehead atoms. The lowest BCUT2D eigenvalue weighted by molar-refractivity contribution is -0.160. The van der Waals surface area contributed by atoms with Gasteiger partial charge in [0.1, 0.15) is 12.4 Å². The van der Waals surface area contributed by atoms with Gasteiger partial charge in [0.15, 0.2) is 0 Å². The van der Waals surface area contributed by atoms with Crippen molar-refractivity contribution in [3.8, 4) is 5.75 Å². The molecule has 1 aromatic rings. The first-order valence-corrected chi connectivity index (χ1v) is 9.35. The van der Waals surface area contributed by atoms with Crippen molar-refractivity contribution in [1.82, 2.24) is 4.90 Å². The average molecular weight is 361 g/mol. The Morgan fingerprint density at radius 3 is 2.92 bits per heavy atom. The smallest absolute Gasteiger partial charge is 0.313 e. The number of esters is 1. The standard InChI is InChI=1S/C21H31NO4/c1-4-14-26-19-10-7-6-9-18(19)16-22-13-8-11-21(17-22,12-15-24-3)20(23)25-5-2/h4,6-7,9-10H,1,5,8,11-17H2,2-3H3/t21-/m1/s1. The van der Waals surface area contributed by atoms with E-state index in [9.17, 15) is 4.79 Å². The predicted molar refractivity (Wildman–Crippen MR) is 102 cm³/mol. The Hall–Kier alpha value is -1.85. The van der Waals surface area contributed by atoms with Crippen molar-refractivity contribution in [2.75, 3.05) is 40.0 Å². The number of hydrogen-bond acceptors (Lipinski definition) is 5. The molecule has 0 unspecified atom stereocenters. The highest BCUT2D eigenvalue weighted by molar-refractivity contribution is 5.77. The van der Waals surface area contributed by atoms with Crippen LogP contribution in [-0.2, 0) is 20.8 Å². The van der Waals surface area contributed by atoms with Gasteiger partial charge in [-0.3, -0.25) is 9.69 Å². The minimum Gasteiger partial charge on any atom is -0.489 e. The van der Waals surface area contributed by atoms with Crippen LogP contribution in [0.1, 0.15) is 31.7 Å². The Balaban J connectivity index is 2.13. The molecule has 2 rings (SSSR count). The van der Waals surface area contributed by atoms with Gasteiger partial charge >= 0.3 is 5.97 Å². The lowest BCUT2D eigenvalue weighted by Gasteiger charge is -2.41. The molecule has 1 aliphatic rings. The highest BCUT2D eigenvalue weighted by atomic mass is 16.5. The van der Waals surface area contributed by atoms with E-state index in [1.807, 2.05) is 25.1 Å². The van der Waals surface area contributed by atoms with Gasteiger partial charge in [0, 0.05) is 32.4 Å². The van der Waals surface area contributed by atoms with Crippen molar-refractivity contribution in [2.24, 2.45) is 5.41 Å². The Labute approximate surface area is 156 Å². The molecule has 1 saturated heterocycles. The number of hydrogen-bond donors (Lipinski definition) is 0. The molecule has 5 nitrogen and oxygen atoms in total. The van der Waals surface area contributed by atoms with Crippen LogP contribution in [0.15, 0.2) is 36.9 Å². The highest BCUT2D eigenvalue weighted by Crippen LogP contribution is 2.36. The zero-order chi connectivity index (χ0) is 18.8. The van der Waals surface area contributed by atoms with Gasteiger partial charge in [-0.2, -0.15) is 0 Å². The van der Waals surface area contributed by atoms with Gasteiger partial charge in [0.05, 0.1) is 12.0 Å². The summed E-state index contributed by atoms with van der Waals surface area (Å²) >= 11 is 0. The number of likely N-dealkylation sites (tertiary alicyclic amines) is 1. The van der Waals surface area contributed by atoms with E-state index >= 15 is 0 Å². The SMILES string of the molecule is C=CCOc1ccccc1CN1CCC[C@](CCOC)(C(=O)OCC)C1. The van der Waals surface area contributed by atoms with Gasteiger partial charge in [0.2, 0.25) is 0 Å². The Morgan fingerprint density at radius 2 is 2.19 bits per heavy atom. The van der Waals surface area contributed by atoms with Crippen molar-refractivity contribution in [1.29, 1.82) is 0 Å². The molecular weight excluding hydrogens is 330 g/mol. The summed E-state index contributed by atoms with van der Waals surface area (Å²) in [6.07, 6.45) is 4.25. The van der Waals surface area contributed by atoms with Crippen LogP contribution >= 0.6 is 0 Å². The molecule has 0 N–H and O–H groups in total. The number of carbonyl (C=O) groups is 1. The summed E-state index contributed by atoms with van der Waals surface area (Å²) in [5.74, 6) is 0.773. The second-order valence-electron chi connectivity index (χ2n) is 6.77. The van der Waals surface area contributed by atoms with E-state index in [0.717, 1.165) is 37.2 Å². The van der Waals surface area contributed by atoms with E-state index < -0.39 is 5.41 Å². The molecule has 1 heterocycles. The molecule has 5 heteroatoms. The first-order valence-electron chi connectivity index (χ1n) is 9.35. The third-order valence-corrected chi connectivity index (χ3v) is 4.87. The van der Waals surface area contributed by atoms with Gasteiger partial charge in [-0.05, 0) is 38.8 Å². The minimum absolute atomic E-state index is 0.0991. The van der Waals surface area contributed by atoms with E-state index in [1.165, 1.54) is 0 Å². The summed E-state index contributed by atoms with van der Waals surface area (Å²) in [6, 6.07) is 8.05. The third-order valence-electron chi connectivity index (χ3n) is 4.87. The molecule has 1 aromatic carbocycles. The zero-order valence-electron chi connectivity index (χ0n) is 16.0. The van der Waals surface area contributed by atoms with Crippen LogP contribution in [0.2, 0.25) is 0 Å². The van der Waals surface area contributed by atoms with Crippen LogP contribution in [0.4, 0.5) is 0 Å². The van der Waals surface area contributed by atoms with Gasteiger partial charge < -0.3 is 14.2 Å². The lowest BCUT2D eigenvalue weighted by Crippen LogP contribution is -2.48. The molecule has 0 spiro atoms. The summed E-state index contributed by atoms with van der Waals surface area (Å²) in [5.41, 5.74) is 0.641. The quantitative estimate of drug-likeness (QED) is 0.472. The highest BCUT2D eigenvalue weighted by Gasteiger charge is 2.43. The fourth-order valence-electron chi connectivity index (χ4n) is 3.58. The van der Waals surface area contributed by atoms with Gasteiger partial charge in [-0.25, -0.2) is 0 Å². The molecule has 26 heavy (non-hydrogen) atoms. The second-order valence-corrected chi connectivity index (χ2v) is 6.77. The molecule has 0 aromatic heterocycles. The monoisotopic (exact) mass is 361 g/mol. The normalized spacial score (nSPS) is 20.5. The molecule has 0 radical (unpaired) electrons. The van der Waals surface area contributed by atoms with Crippen molar-refractivity contribution in [3.63, 3.8) is 0 Å². The van der Waals surface area contributed by atoms with Crippen LogP contribution in [0.5, 0.6) is 5.75 Å². The van der Waals surface area contributed by atoms with Crippen molar-refractivity contribution in [3.05, 3.63) is 42.5 Å². The summed E-state index contributed by atoms with van der Waals surface area (Å²) < 4.78 is 16.4. The number of benzene rings is 1. The van der Waals surface area contributed by atoms with E-state index in [2.05, 4.69) is 17.5 Å². The Bertz CT molecular complexity index is 589. The number of rotatable bonds is 10. The zero-order valence-corrected chi connectivity index (χ0v) is 16.0. The lowest BCUT2D eigenvalue weighted by atomic mass is 9.77. The van der Waals surface area contributed by atoms with Crippen molar-refractivity contribution < 1.29 is 19.0 Å². The van der Waals surface area contributed by atoms with Gasteiger partial charge in [-0.15, -0.1) is 0 Å². The fourth-order valence-corrected chi connectivity index (χ4v) is 3.58. The first kappa shape index (κ1) is 20.5. The second kappa shape index (κ2) is 10.3. The minimum atomic E-state index is -0.485. The van der Waals surface area contributed by atoms with Crippen molar-refractivity contribution >= 4 is 5.97 Å². The number of piperidine rings is 1. The molecule has 1 aliphatic heterocycles. The fraction of sp³-hybridized carbons (Fsp3) is 0.571. The van der Waals surface area contributed by atoms with Gasteiger partial charge in [0.25, 0.3) is 0 Å². The van der Waals surface area contributed by atoms with E-state index in [1.54, 1.807) is 13.2 Å². The average Bonchev–Trinajstić information content (AvgIpc) is 2.66. The van der Waals surface area contributed by atoms with Crippen LogP contribution in [0, 0.1) is 5.41 Å². The number of para-hydroxylation sites is 1. The molecule has 1 atom stereocenters. The maximum absolute atomic E-state index is 12.7. The van der Waals surface area contributed by atoms with E-state index in [-0.39, 0.29) is 5.97 Å². The number of ether oxygens (including phenoxy) is 3. The Morgan fingerprint density at radius 1 is 1.38 bits per heavy atom. The Kier molecular flexibility index (Phi) is 8.13. The van der Waals surface area contributed by atoms with Gasteiger partial charge in [-0.1, -0.05) is 30.9 Å². The summed E-state index contributed by atoms with van der Waals surface area (Å²) in [5, 5.41) is 0. The van der Waals surface area contributed by atoms with Crippen molar-refractivity contribution in [2.45, 2.75) is 32.7 Å². The third kappa shape index (κ3) is 5.32. The molecule has 0 amide bonds. The number of nitrogens with zero attached hydrogens (tertiary/aromatic N) is 1. The molecule has 0 saturated carbocycles. The topological polar surface area (TPSA) is 48.0 Å².